The van der Waals surface area contributed by atoms with Crippen LogP contribution in [0.5, 0.6) is 0 Å². The minimum atomic E-state index is -0.183. The van der Waals surface area contributed by atoms with Crippen molar-refractivity contribution < 1.29 is 9.13 Å². The lowest BCUT2D eigenvalue weighted by molar-refractivity contribution is 0.122. The molecule has 2 aliphatic heterocycles. The highest BCUT2D eigenvalue weighted by molar-refractivity contribution is 5.44. The Bertz CT molecular complexity index is 750. The minimum absolute atomic E-state index is 0.183. The molecule has 0 amide bonds. The lowest BCUT2D eigenvalue weighted by Gasteiger charge is -2.29. The summed E-state index contributed by atoms with van der Waals surface area (Å²) in [6.45, 7) is 5.99. The van der Waals surface area contributed by atoms with Gasteiger partial charge in [0.15, 0.2) is 0 Å². The van der Waals surface area contributed by atoms with E-state index in [1.54, 1.807) is 0 Å². The number of hydrogen-bond acceptors (Lipinski definition) is 6. The van der Waals surface area contributed by atoms with Crippen molar-refractivity contribution in [3.63, 3.8) is 0 Å². The SMILES string of the molecule is CN(c1ccnc(N2CCOCC2)n1)C1CCN(Cc2ccc(F)cc2)C1. The number of halogens is 1. The van der Waals surface area contributed by atoms with Crippen LogP contribution in [0.15, 0.2) is 36.5 Å². The molecular formula is C20H26FN5O. The number of nitrogens with zero attached hydrogens (tertiary/aromatic N) is 5. The highest BCUT2D eigenvalue weighted by Crippen LogP contribution is 2.23. The van der Waals surface area contributed by atoms with Crippen LogP contribution in [0, 0.1) is 5.82 Å². The van der Waals surface area contributed by atoms with Gasteiger partial charge in [0, 0.05) is 52.0 Å². The maximum absolute atomic E-state index is 13.1. The molecule has 4 rings (SSSR count). The number of hydrogen-bond donors (Lipinski definition) is 0. The Morgan fingerprint density at radius 3 is 2.70 bits per heavy atom. The van der Waals surface area contributed by atoms with Crippen molar-refractivity contribution in [3.05, 3.63) is 47.9 Å². The van der Waals surface area contributed by atoms with Crippen LogP contribution in [-0.2, 0) is 11.3 Å². The van der Waals surface area contributed by atoms with Crippen molar-refractivity contribution in [3.8, 4) is 0 Å². The summed E-state index contributed by atoms with van der Waals surface area (Å²) in [5.74, 6) is 1.56. The molecule has 0 aliphatic carbocycles. The van der Waals surface area contributed by atoms with Gasteiger partial charge in [0.2, 0.25) is 5.95 Å². The number of likely N-dealkylation sites (tertiary alicyclic amines) is 1. The van der Waals surface area contributed by atoms with Gasteiger partial charge < -0.3 is 14.5 Å². The van der Waals surface area contributed by atoms with Crippen molar-refractivity contribution in [1.29, 1.82) is 0 Å². The first kappa shape index (κ1) is 18.1. The van der Waals surface area contributed by atoms with Crippen LogP contribution in [0.25, 0.3) is 0 Å². The molecule has 2 fully saturated rings. The molecule has 6 nitrogen and oxygen atoms in total. The maximum Gasteiger partial charge on any atom is 0.227 e. The molecule has 27 heavy (non-hydrogen) atoms. The summed E-state index contributed by atoms with van der Waals surface area (Å²) in [6.07, 6.45) is 2.93. The van der Waals surface area contributed by atoms with E-state index in [9.17, 15) is 4.39 Å². The Labute approximate surface area is 159 Å². The lowest BCUT2D eigenvalue weighted by Crippen LogP contribution is -2.38. The van der Waals surface area contributed by atoms with Gasteiger partial charge in [0.05, 0.1) is 13.2 Å². The molecule has 144 valence electrons. The highest BCUT2D eigenvalue weighted by atomic mass is 19.1. The Kier molecular flexibility index (Phi) is 5.50. The zero-order chi connectivity index (χ0) is 18.6. The van der Waals surface area contributed by atoms with Crippen molar-refractivity contribution in [2.45, 2.75) is 19.0 Å². The molecular weight excluding hydrogens is 345 g/mol. The summed E-state index contributed by atoms with van der Waals surface area (Å²) < 4.78 is 18.5. The maximum atomic E-state index is 13.1. The van der Waals surface area contributed by atoms with Crippen molar-refractivity contribution >= 4 is 11.8 Å². The van der Waals surface area contributed by atoms with E-state index in [2.05, 4.69) is 26.7 Å². The summed E-state index contributed by atoms with van der Waals surface area (Å²) in [7, 11) is 2.11. The number of rotatable bonds is 5. The summed E-state index contributed by atoms with van der Waals surface area (Å²) in [5, 5.41) is 0. The van der Waals surface area contributed by atoms with E-state index in [4.69, 9.17) is 9.72 Å². The molecule has 3 heterocycles. The third-order valence-electron chi connectivity index (χ3n) is 5.40. The van der Waals surface area contributed by atoms with Crippen LogP contribution < -0.4 is 9.80 Å². The third-order valence-corrected chi connectivity index (χ3v) is 5.40. The molecule has 0 radical (unpaired) electrons. The van der Waals surface area contributed by atoms with Gasteiger partial charge in [0.1, 0.15) is 11.6 Å². The number of likely N-dealkylation sites (N-methyl/N-ethyl adjacent to an activating group) is 1. The van der Waals surface area contributed by atoms with E-state index >= 15 is 0 Å². The summed E-state index contributed by atoms with van der Waals surface area (Å²) >= 11 is 0. The summed E-state index contributed by atoms with van der Waals surface area (Å²) in [6, 6.07) is 9.19. The Balaban J connectivity index is 1.38. The Morgan fingerprint density at radius 2 is 1.93 bits per heavy atom. The quantitative estimate of drug-likeness (QED) is 0.803. The second kappa shape index (κ2) is 8.19. The highest BCUT2D eigenvalue weighted by Gasteiger charge is 2.27. The number of benzene rings is 1. The van der Waals surface area contributed by atoms with Gasteiger partial charge in [-0.25, -0.2) is 9.37 Å². The minimum Gasteiger partial charge on any atom is -0.378 e. The van der Waals surface area contributed by atoms with Gasteiger partial charge in [-0.2, -0.15) is 4.98 Å². The Morgan fingerprint density at radius 1 is 1.15 bits per heavy atom. The predicted molar refractivity (Wildman–Crippen MR) is 104 cm³/mol. The first-order chi connectivity index (χ1) is 13.2. The van der Waals surface area contributed by atoms with E-state index in [-0.39, 0.29) is 5.82 Å². The molecule has 1 aromatic carbocycles. The lowest BCUT2D eigenvalue weighted by atomic mass is 10.2. The molecule has 0 bridgehead atoms. The molecule has 7 heteroatoms. The van der Waals surface area contributed by atoms with E-state index in [1.165, 1.54) is 12.1 Å². The number of aromatic nitrogens is 2. The number of morpholine rings is 1. The fraction of sp³-hybridized carbons (Fsp3) is 0.500. The van der Waals surface area contributed by atoms with Crippen LogP contribution in [0.1, 0.15) is 12.0 Å². The molecule has 0 N–H and O–H groups in total. The zero-order valence-electron chi connectivity index (χ0n) is 15.7. The van der Waals surface area contributed by atoms with E-state index in [0.717, 1.165) is 69.7 Å². The second-order valence-corrected chi connectivity index (χ2v) is 7.23. The van der Waals surface area contributed by atoms with E-state index < -0.39 is 0 Å². The molecule has 2 saturated heterocycles. The molecule has 1 unspecified atom stereocenters. The number of anilines is 2. The standard InChI is InChI=1S/C20H26FN5O/c1-24(19-6-8-22-20(23-19)26-10-12-27-13-11-26)18-7-9-25(15-18)14-16-2-4-17(21)5-3-16/h2-6,8,18H,7,9-15H2,1H3. The summed E-state index contributed by atoms with van der Waals surface area (Å²) in [4.78, 5) is 16.1. The van der Waals surface area contributed by atoms with Gasteiger partial charge >= 0.3 is 0 Å². The van der Waals surface area contributed by atoms with E-state index in [0.29, 0.717) is 6.04 Å². The molecule has 0 spiro atoms. The molecule has 0 saturated carbocycles. The van der Waals surface area contributed by atoms with Crippen molar-refractivity contribution in [1.82, 2.24) is 14.9 Å². The third kappa shape index (κ3) is 4.36. The second-order valence-electron chi connectivity index (χ2n) is 7.23. The monoisotopic (exact) mass is 371 g/mol. The molecule has 1 atom stereocenters. The fourth-order valence-corrected chi connectivity index (χ4v) is 3.76. The number of ether oxygens (including phenoxy) is 1. The molecule has 1 aromatic heterocycles. The van der Waals surface area contributed by atoms with Crippen molar-refractivity contribution in [2.75, 3.05) is 56.2 Å². The fourth-order valence-electron chi connectivity index (χ4n) is 3.76. The molecule has 2 aliphatic rings. The van der Waals surface area contributed by atoms with Crippen LogP contribution in [0.4, 0.5) is 16.2 Å². The molecule has 2 aromatic rings. The average Bonchev–Trinajstić information content (AvgIpc) is 3.18. The summed E-state index contributed by atoms with van der Waals surface area (Å²) in [5.41, 5.74) is 1.15. The zero-order valence-corrected chi connectivity index (χ0v) is 15.7. The van der Waals surface area contributed by atoms with Crippen LogP contribution in [0.2, 0.25) is 0 Å². The first-order valence-electron chi connectivity index (χ1n) is 9.54. The normalized spacial score (nSPS) is 20.8. The van der Waals surface area contributed by atoms with Gasteiger partial charge in [-0.05, 0) is 30.2 Å². The van der Waals surface area contributed by atoms with Crippen LogP contribution in [0.3, 0.4) is 0 Å². The van der Waals surface area contributed by atoms with E-state index in [1.807, 2.05) is 24.4 Å². The van der Waals surface area contributed by atoms with Gasteiger partial charge in [-0.15, -0.1) is 0 Å². The largest absolute Gasteiger partial charge is 0.378 e. The predicted octanol–water partition coefficient (Wildman–Crippen LogP) is 2.16. The van der Waals surface area contributed by atoms with Gasteiger partial charge in [-0.1, -0.05) is 12.1 Å². The van der Waals surface area contributed by atoms with Crippen molar-refractivity contribution in [2.24, 2.45) is 0 Å². The van der Waals surface area contributed by atoms with Gasteiger partial charge in [-0.3, -0.25) is 4.90 Å². The first-order valence-corrected chi connectivity index (χ1v) is 9.54. The Hall–Kier alpha value is -2.25. The average molecular weight is 371 g/mol. The van der Waals surface area contributed by atoms with Gasteiger partial charge in [0.25, 0.3) is 0 Å². The van der Waals surface area contributed by atoms with Crippen LogP contribution in [-0.4, -0.2) is 67.4 Å². The smallest absolute Gasteiger partial charge is 0.227 e. The topological polar surface area (TPSA) is 44.7 Å². The van der Waals surface area contributed by atoms with Crippen LogP contribution >= 0.6 is 0 Å².